The van der Waals surface area contributed by atoms with Gasteiger partial charge in [0.05, 0.1) is 26.4 Å². The molecule has 0 radical (unpaired) electrons. The number of hydrogen-bond donors (Lipinski definition) is 4. The van der Waals surface area contributed by atoms with Crippen LogP contribution in [0.15, 0.2) is 60.7 Å². The molecule has 0 fully saturated rings. The predicted octanol–water partition coefficient (Wildman–Crippen LogP) is 5.17. The second kappa shape index (κ2) is 21.0. The fourth-order valence-electron chi connectivity index (χ4n) is 4.17. The average Bonchev–Trinajstić information content (AvgIpc) is 3.02. The van der Waals surface area contributed by atoms with Crippen LogP contribution in [0, 0.1) is 0 Å². The van der Waals surface area contributed by atoms with Crippen molar-refractivity contribution in [1.82, 2.24) is 20.3 Å². The van der Waals surface area contributed by atoms with Crippen molar-refractivity contribution in [1.29, 1.82) is 0 Å². The Morgan fingerprint density at radius 3 is 1.83 bits per heavy atom. The van der Waals surface area contributed by atoms with E-state index in [1.54, 1.807) is 12.1 Å². The summed E-state index contributed by atoms with van der Waals surface area (Å²) in [5.41, 5.74) is 1.90. The summed E-state index contributed by atoms with van der Waals surface area (Å²) in [4.78, 5) is 25.7. The largest absolute Gasteiger partial charge is 0.377 e. The number of nitrogens with zero attached hydrogens (tertiary/aromatic N) is 3. The molecule has 42 heavy (non-hydrogen) atoms. The van der Waals surface area contributed by atoms with Gasteiger partial charge in [0.1, 0.15) is 0 Å². The van der Waals surface area contributed by atoms with Gasteiger partial charge in [0.25, 0.3) is 5.91 Å². The van der Waals surface area contributed by atoms with Crippen molar-refractivity contribution in [3.05, 3.63) is 71.8 Å². The summed E-state index contributed by atoms with van der Waals surface area (Å²) >= 11 is 0. The van der Waals surface area contributed by atoms with Crippen LogP contribution in [0.5, 0.6) is 0 Å². The highest BCUT2D eigenvalue weighted by atomic mass is 16.5. The molecule has 0 saturated carbocycles. The number of carbonyl (C=O) groups is 1. The number of unbranched alkanes of at least 4 members (excludes halogenated alkanes) is 5. The molecule has 4 N–H and O–H groups in total. The molecular formula is C32H47N7O3. The second-order valence-electron chi connectivity index (χ2n) is 9.94. The van der Waals surface area contributed by atoms with Gasteiger partial charge in [-0.05, 0) is 30.5 Å². The summed E-state index contributed by atoms with van der Waals surface area (Å²) in [5.74, 6) is 1.52. The first-order valence-corrected chi connectivity index (χ1v) is 15.2. The molecule has 1 amide bonds. The molecule has 0 aliphatic heterocycles. The third-order valence-corrected chi connectivity index (χ3v) is 6.46. The van der Waals surface area contributed by atoms with Crippen LogP contribution >= 0.6 is 0 Å². The van der Waals surface area contributed by atoms with E-state index in [1.165, 1.54) is 37.7 Å². The maximum absolute atomic E-state index is 12.0. The number of rotatable bonds is 23. The Kier molecular flexibility index (Phi) is 16.4. The van der Waals surface area contributed by atoms with Gasteiger partial charge in [-0.15, -0.1) is 0 Å². The number of anilines is 3. The molecule has 228 valence electrons. The van der Waals surface area contributed by atoms with Crippen LogP contribution in [0.4, 0.5) is 17.8 Å². The van der Waals surface area contributed by atoms with Gasteiger partial charge < -0.3 is 30.7 Å². The monoisotopic (exact) mass is 577 g/mol. The van der Waals surface area contributed by atoms with Gasteiger partial charge in [0.2, 0.25) is 17.8 Å². The number of carbonyl (C=O) groups excluding carboxylic acids is 1. The van der Waals surface area contributed by atoms with Crippen LogP contribution in [-0.4, -0.2) is 73.5 Å². The average molecular weight is 578 g/mol. The van der Waals surface area contributed by atoms with Crippen LogP contribution in [0.3, 0.4) is 0 Å². The number of nitrogens with one attached hydrogen (secondary N) is 4. The van der Waals surface area contributed by atoms with Crippen LogP contribution in [0.2, 0.25) is 0 Å². The first-order valence-electron chi connectivity index (χ1n) is 15.2. The Balaban J connectivity index is 1.33. The van der Waals surface area contributed by atoms with Crippen molar-refractivity contribution in [3.8, 4) is 0 Å². The molecule has 2 aromatic carbocycles. The molecule has 0 spiro atoms. The zero-order valence-electron chi connectivity index (χ0n) is 24.9. The minimum absolute atomic E-state index is 0.102. The standard InChI is InChI=1S/C32H47N7O3/c1-2-3-4-5-6-13-19-34-30-37-31(35-20-18-27-14-9-7-10-15-27)39-32(38-30)36-22-24-42-26-25-41-23-21-33-29(40)28-16-11-8-12-17-28/h7-12,14-17H,2-6,13,18-26H2,1H3,(H,33,40)(H3,34,35,36,37,38,39). The van der Waals surface area contributed by atoms with E-state index in [2.05, 4.69) is 55.3 Å². The molecular weight excluding hydrogens is 530 g/mol. The van der Waals surface area contributed by atoms with E-state index in [-0.39, 0.29) is 5.91 Å². The Labute approximate surface area is 250 Å². The number of hydrogen-bond acceptors (Lipinski definition) is 9. The molecule has 10 heteroatoms. The topological polar surface area (TPSA) is 122 Å². The van der Waals surface area contributed by atoms with Gasteiger partial charge >= 0.3 is 0 Å². The van der Waals surface area contributed by atoms with Gasteiger partial charge in [-0.3, -0.25) is 4.79 Å². The maximum atomic E-state index is 12.0. The van der Waals surface area contributed by atoms with E-state index >= 15 is 0 Å². The van der Waals surface area contributed by atoms with Gasteiger partial charge in [-0.2, -0.15) is 15.0 Å². The smallest absolute Gasteiger partial charge is 0.251 e. The molecule has 3 rings (SSSR count). The van der Waals surface area contributed by atoms with Crippen LogP contribution in [0.1, 0.15) is 61.4 Å². The lowest BCUT2D eigenvalue weighted by Gasteiger charge is -2.12. The Morgan fingerprint density at radius 1 is 0.619 bits per heavy atom. The minimum Gasteiger partial charge on any atom is -0.377 e. The number of ether oxygens (including phenoxy) is 2. The van der Waals surface area contributed by atoms with Crippen LogP contribution < -0.4 is 21.3 Å². The van der Waals surface area contributed by atoms with Crippen molar-refractivity contribution >= 4 is 23.8 Å². The molecule has 0 atom stereocenters. The highest BCUT2D eigenvalue weighted by Crippen LogP contribution is 2.11. The van der Waals surface area contributed by atoms with Gasteiger partial charge in [-0.1, -0.05) is 87.6 Å². The normalized spacial score (nSPS) is 10.8. The number of amides is 1. The first-order chi connectivity index (χ1) is 20.7. The lowest BCUT2D eigenvalue weighted by Crippen LogP contribution is -2.27. The molecule has 0 aliphatic rings. The Morgan fingerprint density at radius 2 is 1.17 bits per heavy atom. The molecule has 0 saturated heterocycles. The van der Waals surface area contributed by atoms with E-state index in [0.29, 0.717) is 62.9 Å². The minimum atomic E-state index is -0.102. The molecule has 0 unspecified atom stereocenters. The third kappa shape index (κ3) is 14.2. The van der Waals surface area contributed by atoms with Crippen LogP contribution in [-0.2, 0) is 15.9 Å². The van der Waals surface area contributed by atoms with Crippen molar-refractivity contribution in [2.45, 2.75) is 51.9 Å². The van der Waals surface area contributed by atoms with E-state index < -0.39 is 0 Å². The predicted molar refractivity (Wildman–Crippen MR) is 169 cm³/mol. The highest BCUT2D eigenvalue weighted by molar-refractivity contribution is 5.94. The van der Waals surface area contributed by atoms with Crippen molar-refractivity contribution < 1.29 is 14.3 Å². The second-order valence-corrected chi connectivity index (χ2v) is 9.94. The van der Waals surface area contributed by atoms with E-state index in [0.717, 1.165) is 25.9 Å². The molecule has 10 nitrogen and oxygen atoms in total. The SMILES string of the molecule is CCCCCCCCNc1nc(NCCOCCOCCNC(=O)c2ccccc2)nc(NCCc2ccccc2)n1. The summed E-state index contributed by atoms with van der Waals surface area (Å²) in [7, 11) is 0. The highest BCUT2D eigenvalue weighted by Gasteiger charge is 2.07. The molecule has 1 aromatic heterocycles. The van der Waals surface area contributed by atoms with Crippen molar-refractivity contribution in [2.75, 3.05) is 68.6 Å². The number of aromatic nitrogens is 3. The first kappa shape index (κ1) is 32.8. The fourth-order valence-corrected chi connectivity index (χ4v) is 4.17. The molecule has 1 heterocycles. The summed E-state index contributed by atoms with van der Waals surface area (Å²) in [6.45, 7) is 6.62. The number of benzene rings is 2. The maximum Gasteiger partial charge on any atom is 0.251 e. The Hall–Kier alpha value is -3.76. The molecule has 0 aliphatic carbocycles. The molecule has 0 bridgehead atoms. The van der Waals surface area contributed by atoms with Crippen molar-refractivity contribution in [2.24, 2.45) is 0 Å². The zero-order valence-corrected chi connectivity index (χ0v) is 24.9. The van der Waals surface area contributed by atoms with E-state index in [9.17, 15) is 4.79 Å². The third-order valence-electron chi connectivity index (χ3n) is 6.46. The summed E-state index contributed by atoms with van der Waals surface area (Å²) < 4.78 is 11.2. The lowest BCUT2D eigenvalue weighted by molar-refractivity contribution is 0.0519. The molecule has 3 aromatic rings. The van der Waals surface area contributed by atoms with Gasteiger partial charge in [0.15, 0.2) is 0 Å². The van der Waals surface area contributed by atoms with E-state index in [1.807, 2.05) is 36.4 Å². The van der Waals surface area contributed by atoms with Crippen molar-refractivity contribution in [3.63, 3.8) is 0 Å². The summed E-state index contributed by atoms with van der Waals surface area (Å²) in [6, 6.07) is 19.5. The fraction of sp³-hybridized carbons (Fsp3) is 0.500. The lowest BCUT2D eigenvalue weighted by atomic mass is 10.1. The summed E-state index contributed by atoms with van der Waals surface area (Å²) in [5, 5.41) is 12.8. The zero-order chi connectivity index (χ0) is 29.5. The van der Waals surface area contributed by atoms with Gasteiger partial charge in [0, 0.05) is 31.7 Å². The van der Waals surface area contributed by atoms with E-state index in [4.69, 9.17) is 9.47 Å². The van der Waals surface area contributed by atoms with Gasteiger partial charge in [-0.25, -0.2) is 0 Å². The summed E-state index contributed by atoms with van der Waals surface area (Å²) in [6.07, 6.45) is 8.30. The van der Waals surface area contributed by atoms with Crippen LogP contribution in [0.25, 0.3) is 0 Å². The quantitative estimate of drug-likeness (QED) is 0.113. The Bertz CT molecular complexity index is 1120.